The fourth-order valence-electron chi connectivity index (χ4n) is 6.40. The predicted molar refractivity (Wildman–Crippen MR) is 132 cm³/mol. The number of nitrogens with zero attached hydrogens (tertiary/aromatic N) is 1. The van der Waals surface area contributed by atoms with Crippen LogP contribution in [-0.4, -0.2) is 18.4 Å². The Hall–Kier alpha value is -3.40. The molecule has 1 saturated heterocycles. The zero-order valence-electron chi connectivity index (χ0n) is 19.8. The lowest BCUT2D eigenvalue weighted by molar-refractivity contribution is -0.122. The molecule has 2 amide bonds. The lowest BCUT2D eigenvalue weighted by Gasteiger charge is -2.46. The van der Waals surface area contributed by atoms with E-state index in [4.69, 9.17) is 4.74 Å². The van der Waals surface area contributed by atoms with Crippen LogP contribution in [0, 0.1) is 11.8 Å². The maximum atomic E-state index is 13.9. The third kappa shape index (κ3) is 2.84. The van der Waals surface area contributed by atoms with Crippen molar-refractivity contribution < 1.29 is 14.3 Å². The summed E-state index contributed by atoms with van der Waals surface area (Å²) in [4.78, 5) is 29.2. The Morgan fingerprint density at radius 3 is 1.97 bits per heavy atom. The van der Waals surface area contributed by atoms with Crippen molar-refractivity contribution in [2.24, 2.45) is 11.8 Å². The van der Waals surface area contributed by atoms with E-state index in [2.05, 4.69) is 50.2 Å². The minimum absolute atomic E-state index is 0.0803. The zero-order chi connectivity index (χ0) is 23.6. The van der Waals surface area contributed by atoms with Crippen molar-refractivity contribution >= 4 is 17.5 Å². The van der Waals surface area contributed by atoms with Gasteiger partial charge in [0.05, 0.1) is 24.1 Å². The molecule has 3 aromatic rings. The molecular formula is C30H29NO3. The molecule has 0 spiro atoms. The highest BCUT2D eigenvalue weighted by Crippen LogP contribution is 2.61. The van der Waals surface area contributed by atoms with Crippen LogP contribution in [0.4, 0.5) is 5.69 Å². The normalized spacial score (nSPS) is 25.1. The number of benzene rings is 3. The van der Waals surface area contributed by atoms with Crippen LogP contribution in [0.15, 0.2) is 66.7 Å². The topological polar surface area (TPSA) is 46.6 Å². The summed E-state index contributed by atoms with van der Waals surface area (Å²) in [5.74, 6) is 0.132. The average molecular weight is 452 g/mol. The summed E-state index contributed by atoms with van der Waals surface area (Å²) < 4.78 is 5.55. The van der Waals surface area contributed by atoms with Gasteiger partial charge in [0, 0.05) is 11.8 Å². The molecule has 4 heteroatoms. The van der Waals surface area contributed by atoms with Gasteiger partial charge in [-0.25, -0.2) is 4.90 Å². The molecule has 4 aliphatic rings. The van der Waals surface area contributed by atoms with Gasteiger partial charge >= 0.3 is 0 Å². The fraction of sp³-hybridized carbons (Fsp3) is 0.333. The highest BCUT2D eigenvalue weighted by molar-refractivity contribution is 6.23. The first-order chi connectivity index (χ1) is 16.5. The summed E-state index contributed by atoms with van der Waals surface area (Å²) in [7, 11) is 0. The molecule has 0 unspecified atom stereocenters. The van der Waals surface area contributed by atoms with Gasteiger partial charge in [0.2, 0.25) is 11.8 Å². The smallest absolute Gasteiger partial charge is 0.238 e. The molecule has 0 N–H and O–H groups in total. The number of carbonyl (C=O) groups excluding carboxylic acids is 2. The molecular weight excluding hydrogens is 422 g/mol. The molecule has 34 heavy (non-hydrogen) atoms. The van der Waals surface area contributed by atoms with E-state index in [1.54, 1.807) is 0 Å². The number of hydrogen-bond donors (Lipinski definition) is 0. The molecule has 0 aromatic heterocycles. The maximum Gasteiger partial charge on any atom is 0.238 e. The number of ether oxygens (including phenoxy) is 1. The van der Waals surface area contributed by atoms with Gasteiger partial charge in [0.25, 0.3) is 0 Å². The SMILES string of the molecule is CCOc1ccc(N2C(=O)[C@@H]3[C@H]4c5ccccc5[C@@H](c5ccc([C@@H](C)CC)cc54)[C@@H]3C2=O)cc1. The van der Waals surface area contributed by atoms with Crippen molar-refractivity contribution in [3.05, 3.63) is 94.5 Å². The first-order valence-corrected chi connectivity index (χ1v) is 12.4. The Bertz CT molecular complexity index is 1290. The summed E-state index contributed by atoms with van der Waals surface area (Å²) in [5.41, 5.74) is 6.79. The van der Waals surface area contributed by atoms with Crippen molar-refractivity contribution in [1.29, 1.82) is 0 Å². The van der Waals surface area contributed by atoms with Crippen molar-refractivity contribution in [2.75, 3.05) is 11.5 Å². The second-order valence-corrected chi connectivity index (χ2v) is 9.77. The van der Waals surface area contributed by atoms with Gasteiger partial charge in [-0.05, 0) is 71.3 Å². The number of hydrogen-bond acceptors (Lipinski definition) is 3. The minimum Gasteiger partial charge on any atom is -0.494 e. The van der Waals surface area contributed by atoms with Crippen LogP contribution in [0.5, 0.6) is 5.75 Å². The number of carbonyl (C=O) groups is 2. The molecule has 3 aromatic carbocycles. The van der Waals surface area contributed by atoms with Gasteiger partial charge in [-0.3, -0.25) is 9.59 Å². The predicted octanol–water partition coefficient (Wildman–Crippen LogP) is 6.00. The first-order valence-electron chi connectivity index (χ1n) is 12.4. The molecule has 2 bridgehead atoms. The lowest BCUT2D eigenvalue weighted by atomic mass is 9.54. The van der Waals surface area contributed by atoms with E-state index in [1.165, 1.54) is 32.7 Å². The van der Waals surface area contributed by atoms with Crippen molar-refractivity contribution in [3.8, 4) is 5.75 Å². The summed E-state index contributed by atoms with van der Waals surface area (Å²) >= 11 is 0. The van der Waals surface area contributed by atoms with Crippen LogP contribution in [-0.2, 0) is 9.59 Å². The Morgan fingerprint density at radius 1 is 0.794 bits per heavy atom. The summed E-state index contributed by atoms with van der Waals surface area (Å²) in [6.07, 6.45) is 1.07. The summed E-state index contributed by atoms with van der Waals surface area (Å²) in [6.45, 7) is 6.96. The van der Waals surface area contributed by atoms with Gasteiger partial charge in [-0.1, -0.05) is 56.3 Å². The van der Waals surface area contributed by atoms with Gasteiger partial charge in [0.15, 0.2) is 0 Å². The van der Waals surface area contributed by atoms with Crippen molar-refractivity contribution in [1.82, 2.24) is 0 Å². The molecule has 4 nitrogen and oxygen atoms in total. The van der Waals surface area contributed by atoms with E-state index < -0.39 is 0 Å². The van der Waals surface area contributed by atoms with Crippen LogP contribution in [0.2, 0.25) is 0 Å². The molecule has 3 aliphatic carbocycles. The van der Waals surface area contributed by atoms with E-state index in [9.17, 15) is 9.59 Å². The van der Waals surface area contributed by atoms with Crippen molar-refractivity contribution in [3.63, 3.8) is 0 Å². The number of rotatable bonds is 5. The summed E-state index contributed by atoms with van der Waals surface area (Å²) in [5, 5.41) is 0. The Morgan fingerprint density at radius 2 is 1.38 bits per heavy atom. The minimum atomic E-state index is -0.362. The van der Waals surface area contributed by atoms with Crippen LogP contribution in [0.1, 0.15) is 72.8 Å². The Kier molecular flexibility index (Phi) is 4.87. The van der Waals surface area contributed by atoms with Gasteiger partial charge in [-0.15, -0.1) is 0 Å². The van der Waals surface area contributed by atoms with Gasteiger partial charge in [-0.2, -0.15) is 0 Å². The quantitative estimate of drug-likeness (QED) is 0.447. The average Bonchev–Trinajstić information content (AvgIpc) is 3.14. The van der Waals surface area contributed by atoms with Crippen molar-refractivity contribution in [2.45, 2.75) is 44.9 Å². The molecule has 172 valence electrons. The fourth-order valence-corrected chi connectivity index (χ4v) is 6.40. The lowest BCUT2D eigenvalue weighted by Crippen LogP contribution is -2.41. The maximum absolute atomic E-state index is 13.9. The molecule has 7 rings (SSSR count). The van der Waals surface area contributed by atoms with Gasteiger partial charge < -0.3 is 4.74 Å². The highest BCUT2D eigenvalue weighted by atomic mass is 16.5. The molecule has 1 heterocycles. The highest BCUT2D eigenvalue weighted by Gasteiger charge is 2.61. The zero-order valence-corrected chi connectivity index (χ0v) is 19.8. The monoisotopic (exact) mass is 451 g/mol. The van der Waals surface area contributed by atoms with Crippen LogP contribution in [0.25, 0.3) is 0 Å². The Balaban J connectivity index is 1.48. The first kappa shape index (κ1) is 21.2. The van der Waals surface area contributed by atoms with Crippen LogP contribution >= 0.6 is 0 Å². The van der Waals surface area contributed by atoms with E-state index in [1.807, 2.05) is 37.3 Å². The third-order valence-electron chi connectivity index (χ3n) is 8.15. The third-order valence-corrected chi connectivity index (χ3v) is 8.15. The second-order valence-electron chi connectivity index (χ2n) is 9.77. The van der Waals surface area contributed by atoms with Crippen LogP contribution < -0.4 is 9.64 Å². The van der Waals surface area contributed by atoms with E-state index in [0.29, 0.717) is 18.2 Å². The number of anilines is 1. The van der Waals surface area contributed by atoms with E-state index >= 15 is 0 Å². The molecule has 0 saturated carbocycles. The van der Waals surface area contributed by atoms with E-state index in [-0.39, 0.29) is 35.5 Å². The summed E-state index contributed by atoms with van der Waals surface area (Å²) in [6, 6.07) is 22.5. The Labute approximate surface area is 200 Å². The standard InChI is InChI=1S/C30H29NO3/c1-4-17(3)18-10-15-23-24(16-18)26-22-9-7-6-8-21(22)25(23)27-28(26)30(33)31(29(27)32)19-11-13-20(14-12-19)34-5-2/h6-17,25-28H,4-5H2,1-3H3/t17-,25-,26-,27-,28+/m0/s1. The number of imide groups is 1. The van der Waals surface area contributed by atoms with Crippen LogP contribution in [0.3, 0.4) is 0 Å². The number of amides is 2. The van der Waals surface area contributed by atoms with E-state index in [0.717, 1.165) is 12.2 Å². The molecule has 0 radical (unpaired) electrons. The molecule has 1 aliphatic heterocycles. The molecule has 5 atom stereocenters. The largest absolute Gasteiger partial charge is 0.494 e. The second kappa shape index (κ2) is 7.83. The van der Waals surface area contributed by atoms with Gasteiger partial charge in [0.1, 0.15) is 5.75 Å². The molecule has 1 fully saturated rings.